The van der Waals surface area contributed by atoms with Crippen LogP contribution in [0.1, 0.15) is 21.7 Å². The Hall–Kier alpha value is -1.99. The molecule has 122 valence electrons. The zero-order valence-electron chi connectivity index (χ0n) is 12.7. The summed E-state index contributed by atoms with van der Waals surface area (Å²) in [4.78, 5) is 25.9. The molecule has 1 aromatic heterocycles. The third-order valence-electron chi connectivity index (χ3n) is 4.24. The maximum atomic E-state index is 14.0. The summed E-state index contributed by atoms with van der Waals surface area (Å²) in [5, 5.41) is 9.77. The molecule has 0 spiro atoms. The molecule has 0 saturated carbocycles. The number of benzene rings is 1. The minimum Gasteiger partial charge on any atom is -0.480 e. The Morgan fingerprint density at radius 2 is 2.17 bits per heavy atom. The number of ether oxygens (including phenoxy) is 1. The Morgan fingerprint density at radius 1 is 1.43 bits per heavy atom. The van der Waals surface area contributed by atoms with E-state index in [1.807, 2.05) is 0 Å². The molecule has 0 radical (unpaired) electrons. The van der Waals surface area contributed by atoms with Crippen LogP contribution >= 0.6 is 11.3 Å². The van der Waals surface area contributed by atoms with Gasteiger partial charge in [-0.1, -0.05) is 6.07 Å². The number of amides is 1. The van der Waals surface area contributed by atoms with Crippen LogP contribution in [-0.2, 0) is 9.53 Å². The second kappa shape index (κ2) is 5.90. The number of fused-ring (bicyclic) bond motifs is 1. The largest absolute Gasteiger partial charge is 0.480 e. The van der Waals surface area contributed by atoms with Crippen molar-refractivity contribution in [3.63, 3.8) is 0 Å². The second-order valence-corrected chi connectivity index (χ2v) is 6.63. The van der Waals surface area contributed by atoms with E-state index in [1.165, 1.54) is 29.4 Å². The zero-order valence-corrected chi connectivity index (χ0v) is 13.5. The SMILES string of the molecule is COC1CC(C(=O)O)N(C(=O)c2sc3cccc(F)c3c2C)C1. The summed E-state index contributed by atoms with van der Waals surface area (Å²) >= 11 is 1.19. The van der Waals surface area contributed by atoms with Gasteiger partial charge in [0.2, 0.25) is 0 Å². The molecular weight excluding hydrogens is 321 g/mol. The van der Waals surface area contributed by atoms with Gasteiger partial charge in [0.25, 0.3) is 5.91 Å². The van der Waals surface area contributed by atoms with Gasteiger partial charge >= 0.3 is 5.97 Å². The number of likely N-dealkylation sites (tertiary alicyclic amines) is 1. The number of methoxy groups -OCH3 is 1. The number of hydrogen-bond donors (Lipinski definition) is 1. The van der Waals surface area contributed by atoms with Crippen molar-refractivity contribution in [2.24, 2.45) is 0 Å². The Balaban J connectivity index is 2.01. The third-order valence-corrected chi connectivity index (χ3v) is 5.48. The van der Waals surface area contributed by atoms with E-state index < -0.39 is 12.0 Å². The molecule has 2 unspecified atom stereocenters. The number of carbonyl (C=O) groups is 2. The first-order valence-corrected chi connectivity index (χ1v) is 8.00. The molecule has 1 aliphatic heterocycles. The molecule has 1 saturated heterocycles. The summed E-state index contributed by atoms with van der Waals surface area (Å²) < 4.78 is 19.9. The molecule has 23 heavy (non-hydrogen) atoms. The monoisotopic (exact) mass is 337 g/mol. The number of halogens is 1. The van der Waals surface area contributed by atoms with Gasteiger partial charge in [-0.3, -0.25) is 4.79 Å². The van der Waals surface area contributed by atoms with Gasteiger partial charge in [-0.25, -0.2) is 9.18 Å². The van der Waals surface area contributed by atoms with E-state index in [0.29, 0.717) is 20.5 Å². The molecule has 1 aromatic carbocycles. The van der Waals surface area contributed by atoms with Crippen molar-refractivity contribution in [1.82, 2.24) is 4.90 Å². The van der Waals surface area contributed by atoms with Crippen LogP contribution in [0.4, 0.5) is 4.39 Å². The summed E-state index contributed by atoms with van der Waals surface area (Å²) in [5.74, 6) is -1.81. The summed E-state index contributed by atoms with van der Waals surface area (Å²) in [6.45, 7) is 1.91. The molecule has 2 atom stereocenters. The van der Waals surface area contributed by atoms with Crippen molar-refractivity contribution in [2.45, 2.75) is 25.5 Å². The molecule has 0 aliphatic carbocycles. The number of carboxylic acid groups (broad SMARTS) is 1. The van der Waals surface area contributed by atoms with Gasteiger partial charge in [-0.05, 0) is 24.6 Å². The van der Waals surface area contributed by atoms with Crippen LogP contribution in [0, 0.1) is 12.7 Å². The molecule has 1 aliphatic rings. The van der Waals surface area contributed by atoms with E-state index in [2.05, 4.69) is 0 Å². The van der Waals surface area contributed by atoms with E-state index in [1.54, 1.807) is 19.1 Å². The zero-order chi connectivity index (χ0) is 16.7. The molecular formula is C16H16FNO4S. The Morgan fingerprint density at radius 3 is 2.78 bits per heavy atom. The normalized spacial score (nSPS) is 21.1. The predicted molar refractivity (Wildman–Crippen MR) is 84.4 cm³/mol. The maximum Gasteiger partial charge on any atom is 0.326 e. The second-order valence-electron chi connectivity index (χ2n) is 5.57. The smallest absolute Gasteiger partial charge is 0.326 e. The number of rotatable bonds is 3. The average Bonchev–Trinajstić information content (AvgIpc) is 3.09. The molecule has 2 aromatic rings. The predicted octanol–water partition coefficient (Wildman–Crippen LogP) is 2.66. The Bertz CT molecular complexity index is 788. The number of carbonyl (C=O) groups excluding carboxylic acids is 1. The van der Waals surface area contributed by atoms with Crippen molar-refractivity contribution in [2.75, 3.05) is 13.7 Å². The lowest BCUT2D eigenvalue weighted by atomic mass is 10.1. The molecule has 5 nitrogen and oxygen atoms in total. The van der Waals surface area contributed by atoms with E-state index in [0.717, 1.165) is 0 Å². The third kappa shape index (κ3) is 2.60. The van der Waals surface area contributed by atoms with Gasteiger partial charge in [0.1, 0.15) is 11.9 Å². The topological polar surface area (TPSA) is 66.8 Å². The van der Waals surface area contributed by atoms with Gasteiger partial charge < -0.3 is 14.7 Å². The summed E-state index contributed by atoms with van der Waals surface area (Å²) in [7, 11) is 1.50. The fourth-order valence-electron chi connectivity index (χ4n) is 3.01. The van der Waals surface area contributed by atoms with Gasteiger partial charge in [0.15, 0.2) is 0 Å². The Labute approximate surface area is 136 Å². The molecule has 7 heteroatoms. The first-order valence-electron chi connectivity index (χ1n) is 7.18. The van der Waals surface area contributed by atoms with Crippen molar-refractivity contribution < 1.29 is 23.8 Å². The van der Waals surface area contributed by atoms with Crippen LogP contribution in [0.3, 0.4) is 0 Å². The van der Waals surface area contributed by atoms with Gasteiger partial charge in [0.05, 0.1) is 11.0 Å². The highest BCUT2D eigenvalue weighted by Crippen LogP contribution is 2.34. The molecule has 1 fully saturated rings. The van der Waals surface area contributed by atoms with E-state index in [9.17, 15) is 19.1 Å². The molecule has 2 heterocycles. The first-order chi connectivity index (χ1) is 10.9. The van der Waals surface area contributed by atoms with Crippen LogP contribution in [0.25, 0.3) is 10.1 Å². The standard InChI is InChI=1S/C16H16FNO4S/c1-8-13-10(17)4-3-5-12(13)23-14(8)15(19)18-7-9(22-2)6-11(18)16(20)21/h3-5,9,11H,6-7H2,1-2H3,(H,20,21). The fraction of sp³-hybridized carbons (Fsp3) is 0.375. The molecule has 1 N–H and O–H groups in total. The van der Waals surface area contributed by atoms with Crippen LogP contribution in [0.15, 0.2) is 18.2 Å². The van der Waals surface area contributed by atoms with Crippen LogP contribution in [0.5, 0.6) is 0 Å². The van der Waals surface area contributed by atoms with Crippen molar-refractivity contribution in [3.05, 3.63) is 34.5 Å². The summed E-state index contributed by atoms with van der Waals surface area (Å²) in [5.41, 5.74) is 0.554. The quantitative estimate of drug-likeness (QED) is 0.935. The molecule has 1 amide bonds. The lowest BCUT2D eigenvalue weighted by Gasteiger charge is -2.20. The highest BCUT2D eigenvalue weighted by molar-refractivity contribution is 7.21. The number of aryl methyl sites for hydroxylation is 1. The van der Waals surface area contributed by atoms with Gasteiger partial charge in [-0.15, -0.1) is 11.3 Å². The summed E-state index contributed by atoms with van der Waals surface area (Å²) in [6.07, 6.45) is -0.0398. The van der Waals surface area contributed by atoms with E-state index in [-0.39, 0.29) is 30.8 Å². The summed E-state index contributed by atoms with van der Waals surface area (Å²) in [6, 6.07) is 3.79. The van der Waals surface area contributed by atoms with Crippen molar-refractivity contribution in [3.8, 4) is 0 Å². The van der Waals surface area contributed by atoms with Crippen molar-refractivity contribution in [1.29, 1.82) is 0 Å². The minimum atomic E-state index is -1.05. The molecule has 3 rings (SSSR count). The number of hydrogen-bond acceptors (Lipinski definition) is 4. The lowest BCUT2D eigenvalue weighted by Crippen LogP contribution is -2.40. The maximum absolute atomic E-state index is 14.0. The van der Waals surface area contributed by atoms with Crippen LogP contribution in [0.2, 0.25) is 0 Å². The number of carboxylic acids is 1. The van der Waals surface area contributed by atoms with Gasteiger partial charge in [0, 0.05) is 30.2 Å². The van der Waals surface area contributed by atoms with Crippen LogP contribution in [-0.4, -0.2) is 47.7 Å². The lowest BCUT2D eigenvalue weighted by molar-refractivity contribution is -0.141. The highest BCUT2D eigenvalue weighted by Gasteiger charge is 2.41. The van der Waals surface area contributed by atoms with Crippen molar-refractivity contribution >= 4 is 33.3 Å². The van der Waals surface area contributed by atoms with E-state index >= 15 is 0 Å². The van der Waals surface area contributed by atoms with Gasteiger partial charge in [-0.2, -0.15) is 0 Å². The number of aliphatic carboxylic acids is 1. The number of nitrogens with zero attached hydrogens (tertiary/aromatic N) is 1. The average molecular weight is 337 g/mol. The van der Waals surface area contributed by atoms with E-state index in [4.69, 9.17) is 4.74 Å². The highest BCUT2D eigenvalue weighted by atomic mass is 32.1. The number of thiophene rings is 1. The first kappa shape index (κ1) is 15.9. The molecule has 0 bridgehead atoms. The van der Waals surface area contributed by atoms with Crippen LogP contribution < -0.4 is 0 Å². The fourth-order valence-corrected chi connectivity index (χ4v) is 4.19. The minimum absolute atomic E-state index is 0.225. The Kier molecular flexibility index (Phi) is 4.08.